The highest BCUT2D eigenvalue weighted by molar-refractivity contribution is 5.14. The fourth-order valence-corrected chi connectivity index (χ4v) is 2.47. The minimum absolute atomic E-state index is 0.607. The summed E-state index contributed by atoms with van der Waals surface area (Å²) >= 11 is 0. The van der Waals surface area contributed by atoms with Crippen molar-refractivity contribution in [2.75, 3.05) is 14.1 Å². The molecule has 2 unspecified atom stereocenters. The van der Waals surface area contributed by atoms with Crippen LogP contribution >= 0.6 is 0 Å². The fourth-order valence-electron chi connectivity index (χ4n) is 2.47. The van der Waals surface area contributed by atoms with E-state index in [9.17, 15) is 0 Å². The van der Waals surface area contributed by atoms with Crippen molar-refractivity contribution < 1.29 is 0 Å². The molecule has 1 aliphatic rings. The molecule has 1 rings (SSSR count). The Bertz CT molecular complexity index is 205. The number of hydrogen-bond acceptors (Lipinski definition) is 1. The normalized spacial score (nSPS) is 31.1. The minimum Gasteiger partial charge on any atom is -0.303 e. The lowest BCUT2D eigenvalue weighted by Gasteiger charge is -2.27. The van der Waals surface area contributed by atoms with Gasteiger partial charge in [0.2, 0.25) is 0 Å². The molecule has 0 aromatic heterocycles. The third-order valence-corrected chi connectivity index (χ3v) is 3.62. The molecular formula is C13H25N. The Labute approximate surface area is 89.2 Å². The lowest BCUT2D eigenvalue weighted by molar-refractivity contribution is 0.321. The zero-order chi connectivity index (χ0) is 10.7. The van der Waals surface area contributed by atoms with E-state index >= 15 is 0 Å². The summed E-state index contributed by atoms with van der Waals surface area (Å²) in [5, 5.41) is 0. The van der Waals surface area contributed by atoms with Crippen molar-refractivity contribution in [3.05, 3.63) is 11.6 Å². The molecule has 82 valence electrons. The highest BCUT2D eigenvalue weighted by Gasteiger charge is 2.21. The zero-order valence-electron chi connectivity index (χ0n) is 10.4. The predicted octanol–water partition coefficient (Wildman–Crippen LogP) is 3.32. The number of likely N-dealkylation sites (N-methyl/N-ethyl adjacent to an activating group) is 1. The van der Waals surface area contributed by atoms with E-state index in [1.165, 1.54) is 19.3 Å². The predicted molar refractivity (Wildman–Crippen MR) is 63.4 cm³/mol. The Morgan fingerprint density at radius 1 is 1.36 bits per heavy atom. The first-order valence-electron chi connectivity index (χ1n) is 5.88. The van der Waals surface area contributed by atoms with E-state index in [0.717, 1.165) is 11.8 Å². The standard InChI is InChI=1S/C13H25N/c1-10-7-6-8-13(11(2)9-10)12(3)14(4)5/h8,10-12H,6-7,9H2,1-5H3/t10?,11-,12?/m0/s1. The summed E-state index contributed by atoms with van der Waals surface area (Å²) in [5.41, 5.74) is 1.65. The average molecular weight is 195 g/mol. The Morgan fingerprint density at radius 2 is 2.00 bits per heavy atom. The summed E-state index contributed by atoms with van der Waals surface area (Å²) in [4.78, 5) is 2.32. The van der Waals surface area contributed by atoms with Crippen molar-refractivity contribution in [3.63, 3.8) is 0 Å². The SMILES string of the molecule is CC1CCC=C(C(C)N(C)C)[C@@H](C)C1. The first-order valence-corrected chi connectivity index (χ1v) is 5.88. The lowest BCUT2D eigenvalue weighted by atomic mass is 9.89. The Kier molecular flexibility index (Phi) is 4.18. The third kappa shape index (κ3) is 2.84. The van der Waals surface area contributed by atoms with E-state index in [1.54, 1.807) is 5.57 Å². The summed E-state index contributed by atoms with van der Waals surface area (Å²) in [7, 11) is 4.35. The molecule has 0 aromatic carbocycles. The van der Waals surface area contributed by atoms with E-state index in [1.807, 2.05) is 0 Å². The van der Waals surface area contributed by atoms with E-state index < -0.39 is 0 Å². The average Bonchev–Trinajstić information content (AvgIpc) is 2.25. The van der Waals surface area contributed by atoms with Gasteiger partial charge in [0, 0.05) is 6.04 Å². The largest absolute Gasteiger partial charge is 0.303 e. The molecule has 1 heteroatoms. The number of hydrogen-bond donors (Lipinski definition) is 0. The van der Waals surface area contributed by atoms with E-state index in [0.29, 0.717) is 6.04 Å². The molecule has 0 N–H and O–H groups in total. The van der Waals surface area contributed by atoms with Crippen molar-refractivity contribution in [2.45, 2.75) is 46.1 Å². The van der Waals surface area contributed by atoms with Crippen LogP contribution in [-0.2, 0) is 0 Å². The second kappa shape index (κ2) is 4.97. The van der Waals surface area contributed by atoms with Crippen molar-refractivity contribution in [2.24, 2.45) is 11.8 Å². The summed E-state index contributed by atoms with van der Waals surface area (Å²) in [5.74, 6) is 1.66. The maximum absolute atomic E-state index is 2.48. The van der Waals surface area contributed by atoms with E-state index in [-0.39, 0.29) is 0 Å². The van der Waals surface area contributed by atoms with Gasteiger partial charge in [0.15, 0.2) is 0 Å². The fraction of sp³-hybridized carbons (Fsp3) is 0.846. The van der Waals surface area contributed by atoms with Gasteiger partial charge < -0.3 is 4.90 Å². The summed E-state index contributed by atoms with van der Waals surface area (Å²) in [6, 6.07) is 0.607. The third-order valence-electron chi connectivity index (χ3n) is 3.62. The maximum Gasteiger partial charge on any atom is 0.0275 e. The second-order valence-corrected chi connectivity index (χ2v) is 5.16. The molecule has 1 nitrogen and oxygen atoms in total. The van der Waals surface area contributed by atoms with Crippen molar-refractivity contribution in [3.8, 4) is 0 Å². The number of rotatable bonds is 2. The van der Waals surface area contributed by atoms with Gasteiger partial charge in [-0.05, 0) is 52.1 Å². The maximum atomic E-state index is 2.48. The second-order valence-electron chi connectivity index (χ2n) is 5.16. The van der Waals surface area contributed by atoms with Crippen LogP contribution in [-0.4, -0.2) is 25.0 Å². The van der Waals surface area contributed by atoms with E-state index in [2.05, 4.69) is 45.8 Å². The molecule has 0 heterocycles. The molecule has 0 saturated heterocycles. The molecule has 0 bridgehead atoms. The van der Waals surface area contributed by atoms with Crippen LogP contribution < -0.4 is 0 Å². The molecule has 0 aliphatic heterocycles. The smallest absolute Gasteiger partial charge is 0.0275 e. The molecule has 14 heavy (non-hydrogen) atoms. The molecule has 0 amide bonds. The molecule has 0 fully saturated rings. The first kappa shape index (κ1) is 11.8. The van der Waals surface area contributed by atoms with Crippen molar-refractivity contribution >= 4 is 0 Å². The number of allylic oxidation sites excluding steroid dienone is 1. The summed E-state index contributed by atoms with van der Waals surface area (Å²) < 4.78 is 0. The van der Waals surface area contributed by atoms with Gasteiger partial charge in [0.1, 0.15) is 0 Å². The Hall–Kier alpha value is -0.300. The highest BCUT2D eigenvalue weighted by Crippen LogP contribution is 2.30. The van der Waals surface area contributed by atoms with Gasteiger partial charge in [-0.1, -0.05) is 25.5 Å². The topological polar surface area (TPSA) is 3.24 Å². The van der Waals surface area contributed by atoms with Gasteiger partial charge in [0.05, 0.1) is 0 Å². The van der Waals surface area contributed by atoms with Crippen LogP contribution in [0.3, 0.4) is 0 Å². The minimum atomic E-state index is 0.607. The molecule has 3 atom stereocenters. The lowest BCUT2D eigenvalue weighted by Crippen LogP contribution is -2.29. The number of nitrogens with zero attached hydrogens (tertiary/aromatic N) is 1. The zero-order valence-corrected chi connectivity index (χ0v) is 10.4. The van der Waals surface area contributed by atoms with Gasteiger partial charge in [0.25, 0.3) is 0 Å². The van der Waals surface area contributed by atoms with Gasteiger partial charge in [-0.15, -0.1) is 0 Å². The van der Waals surface area contributed by atoms with Crippen LogP contribution in [0.25, 0.3) is 0 Å². The van der Waals surface area contributed by atoms with Crippen molar-refractivity contribution in [1.82, 2.24) is 4.90 Å². The summed E-state index contributed by atoms with van der Waals surface area (Å²) in [6.07, 6.45) is 6.50. The van der Waals surface area contributed by atoms with Crippen LogP contribution in [0.1, 0.15) is 40.0 Å². The van der Waals surface area contributed by atoms with Gasteiger partial charge in [-0.25, -0.2) is 0 Å². The monoisotopic (exact) mass is 195 g/mol. The quantitative estimate of drug-likeness (QED) is 0.611. The van der Waals surface area contributed by atoms with Crippen LogP contribution in [0.15, 0.2) is 11.6 Å². The molecule has 0 saturated carbocycles. The Balaban J connectivity index is 2.70. The molecule has 0 radical (unpaired) electrons. The molecule has 0 aromatic rings. The van der Waals surface area contributed by atoms with Gasteiger partial charge in [-0.2, -0.15) is 0 Å². The van der Waals surface area contributed by atoms with Gasteiger partial charge >= 0.3 is 0 Å². The summed E-state index contributed by atoms with van der Waals surface area (Å²) in [6.45, 7) is 7.08. The Morgan fingerprint density at radius 3 is 2.57 bits per heavy atom. The van der Waals surface area contributed by atoms with Crippen LogP contribution in [0.5, 0.6) is 0 Å². The van der Waals surface area contributed by atoms with Crippen LogP contribution in [0.4, 0.5) is 0 Å². The van der Waals surface area contributed by atoms with Crippen LogP contribution in [0.2, 0.25) is 0 Å². The van der Waals surface area contributed by atoms with Gasteiger partial charge in [-0.3, -0.25) is 0 Å². The van der Waals surface area contributed by atoms with Crippen LogP contribution in [0, 0.1) is 11.8 Å². The van der Waals surface area contributed by atoms with Crippen molar-refractivity contribution in [1.29, 1.82) is 0 Å². The molecule has 1 aliphatic carbocycles. The molecular weight excluding hydrogens is 170 g/mol. The highest BCUT2D eigenvalue weighted by atomic mass is 15.1. The molecule has 0 spiro atoms. The first-order chi connectivity index (χ1) is 6.52. The van der Waals surface area contributed by atoms with E-state index in [4.69, 9.17) is 0 Å².